The summed E-state index contributed by atoms with van der Waals surface area (Å²) in [4.78, 5) is 21.6. The molecule has 2 N–H and O–H groups in total. The van der Waals surface area contributed by atoms with Gasteiger partial charge in [-0.2, -0.15) is 0 Å². The first-order valence-electron chi connectivity index (χ1n) is 8.77. The van der Waals surface area contributed by atoms with Gasteiger partial charge >= 0.3 is 0 Å². The van der Waals surface area contributed by atoms with E-state index in [1.807, 2.05) is 47.0 Å². The number of hydrogen-bond donors (Lipinski definition) is 2. The van der Waals surface area contributed by atoms with Gasteiger partial charge in [0.15, 0.2) is 0 Å². The van der Waals surface area contributed by atoms with Crippen molar-refractivity contribution in [1.29, 1.82) is 0 Å². The van der Waals surface area contributed by atoms with E-state index < -0.39 is 5.91 Å². The number of halogens is 1. The summed E-state index contributed by atoms with van der Waals surface area (Å²) in [5.74, 6) is -0.0463. The number of amides is 1. The number of carbonyl (C=O) groups excluding carboxylic acids is 1. The van der Waals surface area contributed by atoms with Gasteiger partial charge in [-0.05, 0) is 42.5 Å². The van der Waals surface area contributed by atoms with E-state index in [0.29, 0.717) is 18.9 Å². The molecule has 2 heterocycles. The van der Waals surface area contributed by atoms with Crippen molar-refractivity contribution >= 4 is 34.5 Å². The molecule has 0 saturated heterocycles. The summed E-state index contributed by atoms with van der Waals surface area (Å²) in [7, 11) is 0. The highest BCUT2D eigenvalue weighted by Gasteiger charge is 2.17. The van der Waals surface area contributed by atoms with Crippen LogP contribution < -0.4 is 5.32 Å². The Bertz CT molecular complexity index is 1140. The average molecular weight is 393 g/mol. The minimum atomic E-state index is -0.435. The van der Waals surface area contributed by atoms with E-state index in [4.69, 9.17) is 11.6 Å². The zero-order valence-corrected chi connectivity index (χ0v) is 15.6. The Morgan fingerprint density at radius 3 is 2.75 bits per heavy atom. The van der Waals surface area contributed by atoms with Crippen molar-refractivity contribution in [3.05, 3.63) is 83.1 Å². The van der Waals surface area contributed by atoms with Crippen molar-refractivity contribution in [3.63, 3.8) is 0 Å². The maximum Gasteiger partial charge on any atom is 0.259 e. The van der Waals surface area contributed by atoms with Gasteiger partial charge in [0, 0.05) is 24.9 Å². The van der Waals surface area contributed by atoms with Crippen molar-refractivity contribution in [2.45, 2.75) is 13.0 Å². The van der Waals surface area contributed by atoms with Crippen molar-refractivity contribution in [2.24, 2.45) is 0 Å². The molecular weight excluding hydrogens is 376 g/mol. The molecule has 0 spiro atoms. The van der Waals surface area contributed by atoms with E-state index in [0.717, 1.165) is 16.7 Å². The molecule has 0 radical (unpaired) electrons. The second-order valence-corrected chi connectivity index (χ2v) is 6.67. The number of phenols is 1. The highest BCUT2D eigenvalue weighted by atomic mass is 35.5. The SMILES string of the molecule is O=C(Nc1nc2ccccc2n1CCc1ccccn1)c1cc(O)ccc1Cl. The second-order valence-electron chi connectivity index (χ2n) is 6.27. The number of para-hydroxylation sites is 2. The van der Waals surface area contributed by atoms with Crippen LogP contribution in [0.2, 0.25) is 5.02 Å². The Balaban J connectivity index is 1.66. The molecule has 0 atom stereocenters. The zero-order valence-electron chi connectivity index (χ0n) is 14.8. The number of carbonyl (C=O) groups is 1. The van der Waals surface area contributed by atoms with Gasteiger partial charge in [-0.3, -0.25) is 15.1 Å². The third-order valence-electron chi connectivity index (χ3n) is 4.39. The summed E-state index contributed by atoms with van der Waals surface area (Å²) in [5.41, 5.74) is 2.83. The summed E-state index contributed by atoms with van der Waals surface area (Å²) >= 11 is 6.11. The molecule has 6 nitrogen and oxygen atoms in total. The first-order valence-corrected chi connectivity index (χ1v) is 9.14. The molecule has 0 aliphatic carbocycles. The van der Waals surface area contributed by atoms with E-state index in [1.165, 1.54) is 18.2 Å². The summed E-state index contributed by atoms with van der Waals surface area (Å²) in [6, 6.07) is 17.7. The molecule has 0 saturated carbocycles. The van der Waals surface area contributed by atoms with Gasteiger partial charge in [0.05, 0.1) is 21.6 Å². The topological polar surface area (TPSA) is 80.0 Å². The molecule has 0 aliphatic heterocycles. The number of nitrogens with one attached hydrogen (secondary N) is 1. The summed E-state index contributed by atoms with van der Waals surface area (Å²) in [6.07, 6.45) is 2.45. The monoisotopic (exact) mass is 392 g/mol. The number of imidazole rings is 1. The lowest BCUT2D eigenvalue weighted by Crippen LogP contribution is -2.17. The van der Waals surface area contributed by atoms with E-state index in [9.17, 15) is 9.90 Å². The predicted octanol–water partition coefficient (Wildman–Crippen LogP) is 4.29. The number of pyridine rings is 1. The van der Waals surface area contributed by atoms with E-state index in [2.05, 4.69) is 15.3 Å². The molecule has 0 aliphatic rings. The van der Waals surface area contributed by atoms with Crippen molar-refractivity contribution < 1.29 is 9.90 Å². The second kappa shape index (κ2) is 7.70. The molecule has 1 amide bonds. The number of fused-ring (bicyclic) bond motifs is 1. The Labute approximate surface area is 166 Å². The largest absolute Gasteiger partial charge is 0.508 e. The van der Waals surface area contributed by atoms with Gasteiger partial charge in [0.1, 0.15) is 5.75 Å². The van der Waals surface area contributed by atoms with Crippen LogP contribution in [-0.2, 0) is 13.0 Å². The number of anilines is 1. The lowest BCUT2D eigenvalue weighted by molar-refractivity contribution is 0.102. The molecule has 2 aromatic heterocycles. The van der Waals surface area contributed by atoms with Crippen LogP contribution >= 0.6 is 11.6 Å². The van der Waals surface area contributed by atoms with Crippen LogP contribution in [0.15, 0.2) is 66.9 Å². The fraction of sp³-hybridized carbons (Fsp3) is 0.0952. The molecule has 0 bridgehead atoms. The molecule has 4 aromatic rings. The first-order chi connectivity index (χ1) is 13.6. The van der Waals surface area contributed by atoms with Crippen LogP contribution in [0.5, 0.6) is 5.75 Å². The lowest BCUT2D eigenvalue weighted by Gasteiger charge is -2.11. The van der Waals surface area contributed by atoms with Crippen LogP contribution in [0.3, 0.4) is 0 Å². The fourth-order valence-corrected chi connectivity index (χ4v) is 3.23. The van der Waals surface area contributed by atoms with E-state index in [1.54, 1.807) is 6.20 Å². The molecular formula is C21H17ClN4O2. The number of phenolic OH excluding ortho intramolecular Hbond substituents is 1. The molecule has 140 valence electrons. The highest BCUT2D eigenvalue weighted by molar-refractivity contribution is 6.34. The minimum absolute atomic E-state index is 0.0294. The van der Waals surface area contributed by atoms with E-state index >= 15 is 0 Å². The van der Waals surface area contributed by atoms with Crippen molar-refractivity contribution in [3.8, 4) is 5.75 Å². The maximum atomic E-state index is 12.7. The number of aromatic hydroxyl groups is 1. The normalized spacial score (nSPS) is 10.9. The van der Waals surface area contributed by atoms with Gasteiger partial charge in [0.2, 0.25) is 5.95 Å². The molecule has 28 heavy (non-hydrogen) atoms. The number of aryl methyl sites for hydroxylation is 2. The lowest BCUT2D eigenvalue weighted by atomic mass is 10.2. The Morgan fingerprint density at radius 1 is 1.11 bits per heavy atom. The quantitative estimate of drug-likeness (QED) is 0.531. The molecule has 4 rings (SSSR count). The van der Waals surface area contributed by atoms with Gasteiger partial charge < -0.3 is 9.67 Å². The first kappa shape index (κ1) is 18.0. The number of nitrogens with zero attached hydrogens (tertiary/aromatic N) is 3. The Morgan fingerprint density at radius 2 is 1.93 bits per heavy atom. The standard InChI is InChI=1S/C21H17ClN4O2/c22-17-9-8-15(27)13-16(17)20(28)25-21-24-18-6-1-2-7-19(18)26(21)12-10-14-5-3-4-11-23-14/h1-9,11,13,27H,10,12H2,(H,24,25,28). The molecule has 0 fully saturated rings. The van der Waals surface area contributed by atoms with Crippen LogP contribution in [0, 0.1) is 0 Å². The van der Waals surface area contributed by atoms with Crippen molar-refractivity contribution in [1.82, 2.24) is 14.5 Å². The zero-order chi connectivity index (χ0) is 19.5. The Hall–Kier alpha value is -3.38. The fourth-order valence-electron chi connectivity index (χ4n) is 3.03. The Kier molecular flexibility index (Phi) is 4.95. The third-order valence-corrected chi connectivity index (χ3v) is 4.72. The van der Waals surface area contributed by atoms with E-state index in [-0.39, 0.29) is 16.3 Å². The maximum absolute atomic E-state index is 12.7. The van der Waals surface area contributed by atoms with Gasteiger partial charge in [-0.25, -0.2) is 4.98 Å². The predicted molar refractivity (Wildman–Crippen MR) is 109 cm³/mol. The summed E-state index contributed by atoms with van der Waals surface area (Å²) in [5, 5.41) is 12.7. The molecule has 2 aromatic carbocycles. The molecule has 7 heteroatoms. The average Bonchev–Trinajstić information content (AvgIpc) is 3.06. The highest BCUT2D eigenvalue weighted by Crippen LogP contribution is 2.24. The number of aromatic nitrogens is 3. The van der Waals surface area contributed by atoms with Crippen molar-refractivity contribution in [2.75, 3.05) is 5.32 Å². The number of rotatable bonds is 5. The summed E-state index contributed by atoms with van der Waals surface area (Å²) < 4.78 is 1.94. The summed E-state index contributed by atoms with van der Waals surface area (Å²) in [6.45, 7) is 0.598. The molecule has 0 unspecified atom stereocenters. The van der Waals surface area contributed by atoms with Crippen LogP contribution in [0.4, 0.5) is 5.95 Å². The van der Waals surface area contributed by atoms with Gasteiger partial charge in [-0.1, -0.05) is 29.8 Å². The van der Waals surface area contributed by atoms with Gasteiger partial charge in [-0.15, -0.1) is 0 Å². The minimum Gasteiger partial charge on any atom is -0.508 e. The third kappa shape index (κ3) is 3.68. The number of hydrogen-bond acceptors (Lipinski definition) is 4. The number of benzene rings is 2. The van der Waals surface area contributed by atoms with Crippen LogP contribution in [-0.4, -0.2) is 25.5 Å². The van der Waals surface area contributed by atoms with Crippen LogP contribution in [0.1, 0.15) is 16.1 Å². The van der Waals surface area contributed by atoms with Gasteiger partial charge in [0.25, 0.3) is 5.91 Å². The van der Waals surface area contributed by atoms with Crippen LogP contribution in [0.25, 0.3) is 11.0 Å². The smallest absolute Gasteiger partial charge is 0.259 e.